The van der Waals surface area contributed by atoms with Gasteiger partial charge < -0.3 is 14.8 Å². The molecule has 1 aromatic heterocycles. The molecule has 0 unspecified atom stereocenters. The summed E-state index contributed by atoms with van der Waals surface area (Å²) in [7, 11) is 0. The van der Waals surface area contributed by atoms with Crippen molar-refractivity contribution in [3.05, 3.63) is 230 Å². The van der Waals surface area contributed by atoms with E-state index in [4.69, 9.17) is 0 Å². The number of nitrogens with zero attached hydrogens (tertiary/aromatic N) is 2. The van der Waals surface area contributed by atoms with Crippen LogP contribution in [0.25, 0.3) is 65.6 Å². The van der Waals surface area contributed by atoms with E-state index in [0.717, 1.165) is 45.2 Å². The second kappa shape index (κ2) is 14.1. The second-order valence-electron chi connectivity index (χ2n) is 17.1. The molecule has 0 atom stereocenters. The maximum Gasteiger partial charge on any atom is 0.0546 e. The Hall–Kier alpha value is -7.88. The molecule has 0 amide bonds. The zero-order chi connectivity index (χ0) is 41.4. The normalized spacial score (nSPS) is 12.8. The van der Waals surface area contributed by atoms with Gasteiger partial charge in [0.15, 0.2) is 0 Å². The molecule has 0 aliphatic heterocycles. The first-order chi connectivity index (χ1) is 30.5. The molecular weight excluding hydrogens is 751 g/mol. The minimum absolute atomic E-state index is 0.241. The number of nitrogens with one attached hydrogen (secondary N) is 1. The molecule has 11 aromatic rings. The Bertz CT molecular complexity index is 3390. The Morgan fingerprint density at radius 1 is 0.339 bits per heavy atom. The molecule has 3 heteroatoms. The standard InChI is InChI=1S/C59H43N3/c1-59(2)55-35-43(27-31-50(55)51-32-30-48(38-56(51)59)61(44-19-5-3-6-20-44)45-21-7-4-8-22-45)53-36-49(37-54-52-23-13-14-24-57(52)60-58(53)54)62(46-28-25-39-15-9-11-17-41(39)33-46)47-29-26-40-16-10-12-18-42(40)34-47/h3-38,60H,1-2H3. The number of anilines is 6. The molecule has 1 heterocycles. The number of benzene rings is 10. The molecule has 1 aliphatic rings. The minimum atomic E-state index is -0.241. The fraction of sp³-hybridized carbons (Fsp3) is 0.0508. The molecule has 0 radical (unpaired) electrons. The van der Waals surface area contributed by atoms with E-state index in [0.29, 0.717) is 0 Å². The molecule has 1 aliphatic carbocycles. The van der Waals surface area contributed by atoms with Gasteiger partial charge in [-0.05, 0) is 134 Å². The third-order valence-electron chi connectivity index (χ3n) is 13.1. The highest BCUT2D eigenvalue weighted by atomic mass is 15.1. The fourth-order valence-corrected chi connectivity index (χ4v) is 10.0. The van der Waals surface area contributed by atoms with Gasteiger partial charge >= 0.3 is 0 Å². The van der Waals surface area contributed by atoms with Crippen molar-refractivity contribution in [3.8, 4) is 22.3 Å². The molecule has 1 N–H and O–H groups in total. The second-order valence-corrected chi connectivity index (χ2v) is 17.1. The first-order valence-corrected chi connectivity index (χ1v) is 21.5. The highest BCUT2D eigenvalue weighted by Gasteiger charge is 2.36. The summed E-state index contributed by atoms with van der Waals surface area (Å²) in [4.78, 5) is 8.67. The van der Waals surface area contributed by atoms with Crippen LogP contribution in [0.5, 0.6) is 0 Å². The Labute approximate surface area is 361 Å². The number of para-hydroxylation sites is 3. The summed E-state index contributed by atoms with van der Waals surface area (Å²) in [6.45, 7) is 4.77. The predicted octanol–water partition coefficient (Wildman–Crippen LogP) is 16.5. The monoisotopic (exact) mass is 793 g/mol. The van der Waals surface area contributed by atoms with Crippen LogP contribution >= 0.6 is 0 Å². The van der Waals surface area contributed by atoms with Gasteiger partial charge in [0.05, 0.1) is 5.52 Å². The third kappa shape index (κ3) is 5.81. The van der Waals surface area contributed by atoms with Gasteiger partial charge in [0.2, 0.25) is 0 Å². The van der Waals surface area contributed by atoms with Crippen LogP contribution in [-0.2, 0) is 5.41 Å². The highest BCUT2D eigenvalue weighted by Crippen LogP contribution is 2.52. The Balaban J connectivity index is 1.04. The lowest BCUT2D eigenvalue weighted by Crippen LogP contribution is -2.16. The lowest BCUT2D eigenvalue weighted by Gasteiger charge is -2.28. The average molecular weight is 794 g/mol. The van der Waals surface area contributed by atoms with E-state index < -0.39 is 0 Å². The van der Waals surface area contributed by atoms with E-state index >= 15 is 0 Å². The fourth-order valence-electron chi connectivity index (χ4n) is 10.0. The first kappa shape index (κ1) is 36.0. The predicted molar refractivity (Wildman–Crippen MR) is 263 cm³/mol. The summed E-state index contributed by atoms with van der Waals surface area (Å²) in [5.41, 5.74) is 16.4. The maximum absolute atomic E-state index is 3.87. The van der Waals surface area contributed by atoms with E-state index in [-0.39, 0.29) is 5.41 Å². The van der Waals surface area contributed by atoms with Crippen molar-refractivity contribution in [2.24, 2.45) is 0 Å². The summed E-state index contributed by atoms with van der Waals surface area (Å²) in [5, 5.41) is 7.29. The van der Waals surface area contributed by atoms with E-state index in [1.807, 2.05) is 0 Å². The van der Waals surface area contributed by atoms with Gasteiger partial charge in [-0.3, -0.25) is 0 Å². The van der Waals surface area contributed by atoms with E-state index in [2.05, 4.69) is 247 Å². The Morgan fingerprint density at radius 3 is 1.48 bits per heavy atom. The summed E-state index contributed by atoms with van der Waals surface area (Å²) < 4.78 is 0. The van der Waals surface area contributed by atoms with Crippen molar-refractivity contribution in [1.29, 1.82) is 0 Å². The molecule has 294 valence electrons. The molecule has 0 bridgehead atoms. The minimum Gasteiger partial charge on any atom is -0.354 e. The van der Waals surface area contributed by atoms with Gasteiger partial charge in [-0.2, -0.15) is 0 Å². The van der Waals surface area contributed by atoms with Gasteiger partial charge in [-0.1, -0.05) is 147 Å². The van der Waals surface area contributed by atoms with Gasteiger partial charge in [0.25, 0.3) is 0 Å². The summed E-state index contributed by atoms with van der Waals surface area (Å²) in [6, 6.07) is 79.9. The molecule has 0 saturated carbocycles. The van der Waals surface area contributed by atoms with Crippen molar-refractivity contribution in [2.75, 3.05) is 9.80 Å². The van der Waals surface area contributed by atoms with Crippen LogP contribution in [0, 0.1) is 0 Å². The summed E-state index contributed by atoms with van der Waals surface area (Å²) in [5.74, 6) is 0. The van der Waals surface area contributed by atoms with Gasteiger partial charge in [0, 0.05) is 61.4 Å². The highest BCUT2D eigenvalue weighted by molar-refractivity contribution is 6.14. The lowest BCUT2D eigenvalue weighted by atomic mass is 9.81. The van der Waals surface area contributed by atoms with Crippen LogP contribution in [0.2, 0.25) is 0 Å². The molecule has 62 heavy (non-hydrogen) atoms. The van der Waals surface area contributed by atoms with Crippen LogP contribution < -0.4 is 9.80 Å². The molecular formula is C59H43N3. The number of rotatable bonds is 7. The average Bonchev–Trinajstić information content (AvgIpc) is 3.80. The van der Waals surface area contributed by atoms with E-state index in [9.17, 15) is 0 Å². The molecule has 3 nitrogen and oxygen atoms in total. The number of aromatic amines is 1. The maximum atomic E-state index is 3.87. The first-order valence-electron chi connectivity index (χ1n) is 21.5. The number of hydrogen-bond acceptors (Lipinski definition) is 2. The smallest absolute Gasteiger partial charge is 0.0546 e. The summed E-state index contributed by atoms with van der Waals surface area (Å²) in [6.07, 6.45) is 0. The van der Waals surface area contributed by atoms with Crippen LogP contribution in [0.15, 0.2) is 218 Å². The van der Waals surface area contributed by atoms with Crippen LogP contribution in [0.4, 0.5) is 34.1 Å². The Morgan fingerprint density at radius 2 is 0.839 bits per heavy atom. The van der Waals surface area contributed by atoms with E-state index in [1.165, 1.54) is 65.7 Å². The number of hydrogen-bond donors (Lipinski definition) is 1. The number of fused-ring (bicyclic) bond motifs is 8. The topological polar surface area (TPSA) is 22.3 Å². The molecule has 12 rings (SSSR count). The SMILES string of the molecule is CC1(C)c2cc(-c3cc(N(c4ccc5ccccc5c4)c4ccc5ccccc5c4)cc4c3[nH]c3ccccc34)ccc2-c2ccc(N(c3ccccc3)c3ccccc3)cc21. The largest absolute Gasteiger partial charge is 0.354 e. The van der Waals surface area contributed by atoms with Crippen molar-refractivity contribution >= 4 is 77.5 Å². The van der Waals surface area contributed by atoms with Crippen LogP contribution in [0.1, 0.15) is 25.0 Å². The molecule has 0 fully saturated rings. The van der Waals surface area contributed by atoms with Crippen molar-refractivity contribution in [1.82, 2.24) is 4.98 Å². The van der Waals surface area contributed by atoms with E-state index in [1.54, 1.807) is 0 Å². The van der Waals surface area contributed by atoms with Gasteiger partial charge in [0.1, 0.15) is 0 Å². The molecule has 0 saturated heterocycles. The van der Waals surface area contributed by atoms with Crippen molar-refractivity contribution in [3.63, 3.8) is 0 Å². The molecule has 0 spiro atoms. The van der Waals surface area contributed by atoms with Crippen molar-refractivity contribution in [2.45, 2.75) is 19.3 Å². The number of aromatic nitrogens is 1. The van der Waals surface area contributed by atoms with Gasteiger partial charge in [-0.15, -0.1) is 0 Å². The molecule has 10 aromatic carbocycles. The summed E-state index contributed by atoms with van der Waals surface area (Å²) >= 11 is 0. The number of H-pyrrole nitrogens is 1. The van der Waals surface area contributed by atoms with Crippen LogP contribution in [0.3, 0.4) is 0 Å². The third-order valence-corrected chi connectivity index (χ3v) is 13.1. The zero-order valence-electron chi connectivity index (χ0n) is 34.7. The van der Waals surface area contributed by atoms with Crippen molar-refractivity contribution < 1.29 is 0 Å². The lowest BCUT2D eigenvalue weighted by molar-refractivity contribution is 0.660. The van der Waals surface area contributed by atoms with Crippen LogP contribution in [-0.4, -0.2) is 4.98 Å². The Kier molecular flexibility index (Phi) is 8.20. The quantitative estimate of drug-likeness (QED) is 0.174. The van der Waals surface area contributed by atoms with Gasteiger partial charge in [-0.25, -0.2) is 0 Å². The zero-order valence-corrected chi connectivity index (χ0v) is 34.7.